The van der Waals surface area contributed by atoms with E-state index >= 15 is 0 Å². The molecule has 4 atom stereocenters. The molecule has 1 aliphatic carbocycles. The molecule has 0 bridgehead atoms. The van der Waals surface area contributed by atoms with E-state index in [4.69, 9.17) is 4.74 Å². The molecule has 0 amide bonds. The first kappa shape index (κ1) is 15.3. The maximum absolute atomic E-state index is 5.66. The van der Waals surface area contributed by atoms with Crippen LogP contribution in [0.2, 0.25) is 0 Å². The molecule has 2 aliphatic rings. The summed E-state index contributed by atoms with van der Waals surface area (Å²) >= 11 is 0. The molecule has 1 heterocycles. The molecule has 1 N–H and O–H groups in total. The fourth-order valence-electron chi connectivity index (χ4n) is 3.85. The smallest absolute Gasteiger partial charge is 0.0674 e. The van der Waals surface area contributed by atoms with E-state index in [0.717, 1.165) is 44.1 Å². The highest BCUT2D eigenvalue weighted by Crippen LogP contribution is 2.32. The van der Waals surface area contributed by atoms with Gasteiger partial charge in [-0.1, -0.05) is 20.3 Å². The Kier molecular flexibility index (Phi) is 6.11. The number of nitrogens with one attached hydrogen (secondary N) is 1. The van der Waals surface area contributed by atoms with Crippen molar-refractivity contribution in [1.29, 1.82) is 0 Å². The Hall–Kier alpha value is -0.120. The molecule has 0 aromatic carbocycles. The number of hydrogen-bond donors (Lipinski definition) is 1. The van der Waals surface area contributed by atoms with Gasteiger partial charge >= 0.3 is 0 Å². The Bertz CT molecular complexity index is 259. The normalized spacial score (nSPS) is 37.4. The number of nitrogens with zero attached hydrogens (tertiary/aromatic N) is 1. The molecule has 112 valence electrons. The Morgan fingerprint density at radius 3 is 2.79 bits per heavy atom. The minimum absolute atomic E-state index is 0.414. The van der Waals surface area contributed by atoms with E-state index in [-0.39, 0.29) is 0 Å². The van der Waals surface area contributed by atoms with Gasteiger partial charge in [0, 0.05) is 25.7 Å². The maximum Gasteiger partial charge on any atom is 0.0674 e. The van der Waals surface area contributed by atoms with Crippen molar-refractivity contribution >= 4 is 0 Å². The highest BCUT2D eigenvalue weighted by Gasteiger charge is 2.31. The molecule has 0 radical (unpaired) electrons. The van der Waals surface area contributed by atoms with Crippen LogP contribution >= 0.6 is 0 Å². The second-order valence-electron chi connectivity index (χ2n) is 6.45. The van der Waals surface area contributed by atoms with Crippen molar-refractivity contribution < 1.29 is 4.74 Å². The van der Waals surface area contributed by atoms with Gasteiger partial charge < -0.3 is 10.1 Å². The van der Waals surface area contributed by atoms with Crippen LogP contribution in [-0.4, -0.2) is 49.8 Å². The summed E-state index contributed by atoms with van der Waals surface area (Å²) in [5.74, 6) is 1.79. The van der Waals surface area contributed by atoms with E-state index in [9.17, 15) is 0 Å². The Labute approximate surface area is 119 Å². The van der Waals surface area contributed by atoms with Gasteiger partial charge in [-0.25, -0.2) is 0 Å². The zero-order valence-electron chi connectivity index (χ0n) is 13.0. The minimum atomic E-state index is 0.414. The van der Waals surface area contributed by atoms with Crippen molar-refractivity contribution in [3.63, 3.8) is 0 Å². The molecule has 3 heteroatoms. The number of morpholine rings is 1. The second kappa shape index (κ2) is 7.61. The summed E-state index contributed by atoms with van der Waals surface area (Å²) < 4.78 is 5.66. The lowest BCUT2D eigenvalue weighted by Crippen LogP contribution is -2.49. The molecule has 1 saturated carbocycles. The first-order valence-corrected chi connectivity index (χ1v) is 8.30. The predicted molar refractivity (Wildman–Crippen MR) is 80.4 cm³/mol. The van der Waals surface area contributed by atoms with Crippen molar-refractivity contribution in [2.24, 2.45) is 11.8 Å². The lowest BCUT2D eigenvalue weighted by molar-refractivity contribution is -0.0280. The van der Waals surface area contributed by atoms with Crippen LogP contribution in [0.1, 0.15) is 46.5 Å². The van der Waals surface area contributed by atoms with Crippen LogP contribution in [0.5, 0.6) is 0 Å². The number of hydrogen-bond acceptors (Lipinski definition) is 3. The molecule has 2 fully saturated rings. The van der Waals surface area contributed by atoms with Crippen molar-refractivity contribution in [1.82, 2.24) is 10.2 Å². The van der Waals surface area contributed by atoms with Crippen molar-refractivity contribution in [3.05, 3.63) is 0 Å². The Morgan fingerprint density at radius 2 is 2.11 bits per heavy atom. The molecule has 0 spiro atoms. The maximum atomic E-state index is 5.66. The van der Waals surface area contributed by atoms with Gasteiger partial charge in [0.15, 0.2) is 0 Å². The van der Waals surface area contributed by atoms with Crippen LogP contribution in [-0.2, 0) is 4.74 Å². The monoisotopic (exact) mass is 268 g/mol. The fourth-order valence-corrected chi connectivity index (χ4v) is 3.85. The first-order valence-electron chi connectivity index (χ1n) is 8.30. The van der Waals surface area contributed by atoms with Gasteiger partial charge in [0.2, 0.25) is 0 Å². The van der Waals surface area contributed by atoms with E-state index in [1.165, 1.54) is 32.2 Å². The van der Waals surface area contributed by atoms with E-state index < -0.39 is 0 Å². The fraction of sp³-hybridized carbons (Fsp3) is 1.00. The van der Waals surface area contributed by atoms with Gasteiger partial charge in [0.1, 0.15) is 0 Å². The minimum Gasteiger partial charge on any atom is -0.376 e. The molecule has 0 aromatic rings. The zero-order valence-corrected chi connectivity index (χ0v) is 13.0. The summed E-state index contributed by atoms with van der Waals surface area (Å²) in [7, 11) is 0. The first-order chi connectivity index (χ1) is 9.22. The number of rotatable bonds is 5. The average Bonchev–Trinajstić information content (AvgIpc) is 2.41. The van der Waals surface area contributed by atoms with Gasteiger partial charge in [0.05, 0.1) is 12.7 Å². The van der Waals surface area contributed by atoms with E-state index in [2.05, 4.69) is 31.0 Å². The molecular weight excluding hydrogens is 236 g/mol. The van der Waals surface area contributed by atoms with Crippen LogP contribution in [0.3, 0.4) is 0 Å². The van der Waals surface area contributed by atoms with E-state index in [1.807, 2.05) is 0 Å². The third-order valence-electron chi connectivity index (χ3n) is 4.95. The molecule has 0 aromatic heterocycles. The van der Waals surface area contributed by atoms with Gasteiger partial charge in [0.25, 0.3) is 0 Å². The van der Waals surface area contributed by atoms with Crippen molar-refractivity contribution in [2.75, 3.05) is 32.8 Å². The summed E-state index contributed by atoms with van der Waals surface area (Å²) in [6.07, 6.45) is 5.98. The second-order valence-corrected chi connectivity index (χ2v) is 6.45. The molecule has 4 unspecified atom stereocenters. The summed E-state index contributed by atoms with van der Waals surface area (Å²) in [6.45, 7) is 12.3. The van der Waals surface area contributed by atoms with Gasteiger partial charge in [-0.05, 0) is 44.6 Å². The van der Waals surface area contributed by atoms with Crippen molar-refractivity contribution in [2.45, 2.75) is 58.6 Å². The summed E-state index contributed by atoms with van der Waals surface area (Å²) in [5, 5.41) is 3.72. The Balaban J connectivity index is 1.88. The van der Waals surface area contributed by atoms with Crippen LogP contribution < -0.4 is 5.32 Å². The van der Waals surface area contributed by atoms with Crippen molar-refractivity contribution in [3.8, 4) is 0 Å². The van der Waals surface area contributed by atoms with Crippen LogP contribution in [0.4, 0.5) is 0 Å². The molecule has 1 aliphatic heterocycles. The standard InChI is InChI=1S/C16H32N2O/c1-4-14-6-7-16(17-5-2)15(10-14)12-18-8-9-19-13(3)11-18/h13-17H,4-12H2,1-3H3. The van der Waals surface area contributed by atoms with E-state index in [1.54, 1.807) is 0 Å². The van der Waals surface area contributed by atoms with E-state index in [0.29, 0.717) is 6.10 Å². The molecule has 19 heavy (non-hydrogen) atoms. The molecule has 3 nitrogen and oxygen atoms in total. The SMILES string of the molecule is CCNC1CCC(CC)CC1CN1CCOC(C)C1. The van der Waals surface area contributed by atoms with Crippen LogP contribution in [0.25, 0.3) is 0 Å². The largest absolute Gasteiger partial charge is 0.376 e. The average molecular weight is 268 g/mol. The quantitative estimate of drug-likeness (QED) is 0.829. The summed E-state index contributed by atoms with van der Waals surface area (Å²) in [5.41, 5.74) is 0. The summed E-state index contributed by atoms with van der Waals surface area (Å²) in [6, 6.07) is 0.742. The summed E-state index contributed by atoms with van der Waals surface area (Å²) in [4.78, 5) is 2.63. The molecule has 2 rings (SSSR count). The molecular formula is C16H32N2O. The lowest BCUT2D eigenvalue weighted by atomic mass is 9.76. The highest BCUT2D eigenvalue weighted by molar-refractivity contribution is 4.87. The zero-order chi connectivity index (χ0) is 13.7. The van der Waals surface area contributed by atoms with Crippen LogP contribution in [0.15, 0.2) is 0 Å². The van der Waals surface area contributed by atoms with Crippen LogP contribution in [0, 0.1) is 11.8 Å². The Morgan fingerprint density at radius 1 is 1.26 bits per heavy atom. The lowest BCUT2D eigenvalue weighted by Gasteiger charge is -2.41. The molecule has 1 saturated heterocycles. The van der Waals surface area contributed by atoms with Gasteiger partial charge in [-0.15, -0.1) is 0 Å². The third-order valence-corrected chi connectivity index (χ3v) is 4.95. The number of ether oxygens (including phenoxy) is 1. The van der Waals surface area contributed by atoms with Gasteiger partial charge in [-0.2, -0.15) is 0 Å². The third kappa shape index (κ3) is 4.44. The van der Waals surface area contributed by atoms with Gasteiger partial charge in [-0.3, -0.25) is 4.90 Å². The topological polar surface area (TPSA) is 24.5 Å². The highest BCUT2D eigenvalue weighted by atomic mass is 16.5. The predicted octanol–water partition coefficient (Wildman–Crippen LogP) is 2.51.